The molecule has 0 saturated heterocycles. The van der Waals surface area contributed by atoms with Gasteiger partial charge in [0.2, 0.25) is 0 Å². The molecule has 0 radical (unpaired) electrons. The van der Waals surface area contributed by atoms with Crippen LogP contribution < -0.4 is 0 Å². The molecule has 0 unspecified atom stereocenters. The van der Waals surface area contributed by atoms with Crippen molar-refractivity contribution in [3.8, 4) is 11.1 Å². The Morgan fingerprint density at radius 1 is 1.00 bits per heavy atom. The second kappa shape index (κ2) is 8.05. The van der Waals surface area contributed by atoms with E-state index in [1.807, 2.05) is 18.3 Å². The number of benzene rings is 1. The summed E-state index contributed by atoms with van der Waals surface area (Å²) in [6.45, 7) is 6.83. The number of pyridine rings is 1. The minimum Gasteiger partial charge on any atom is -0.346 e. The summed E-state index contributed by atoms with van der Waals surface area (Å²) in [5, 5.41) is 0.520. The predicted molar refractivity (Wildman–Crippen MR) is 108 cm³/mol. The van der Waals surface area contributed by atoms with E-state index in [-0.39, 0.29) is 0 Å². The lowest BCUT2D eigenvalue weighted by atomic mass is 9.85. The molecule has 0 fully saturated rings. The molecule has 0 saturated carbocycles. The van der Waals surface area contributed by atoms with Gasteiger partial charge in [0.25, 0.3) is 0 Å². The fourth-order valence-corrected chi connectivity index (χ4v) is 3.15. The number of nitrogens with one attached hydrogen (secondary N) is 1. The maximum Gasteiger partial charge on any atom is 0.129 e. The molecule has 0 aliphatic rings. The van der Waals surface area contributed by atoms with Crippen molar-refractivity contribution in [2.24, 2.45) is 5.41 Å². The molecule has 3 nitrogen and oxygen atoms in total. The number of hydrogen-bond acceptors (Lipinski definition) is 2. The third-order valence-corrected chi connectivity index (χ3v) is 5.18. The molecule has 1 aromatic carbocycles. The monoisotopic (exact) mass is 367 g/mol. The largest absolute Gasteiger partial charge is 0.346 e. The van der Waals surface area contributed by atoms with Gasteiger partial charge in [0, 0.05) is 24.5 Å². The van der Waals surface area contributed by atoms with E-state index < -0.39 is 0 Å². The van der Waals surface area contributed by atoms with E-state index in [1.54, 1.807) is 6.20 Å². The van der Waals surface area contributed by atoms with Crippen molar-refractivity contribution in [2.45, 2.75) is 46.5 Å². The summed E-state index contributed by atoms with van der Waals surface area (Å²) < 4.78 is 0. The Hall–Kier alpha value is -2.13. The van der Waals surface area contributed by atoms with Gasteiger partial charge < -0.3 is 4.98 Å². The summed E-state index contributed by atoms with van der Waals surface area (Å²) in [6, 6.07) is 12.5. The Kier molecular flexibility index (Phi) is 5.77. The summed E-state index contributed by atoms with van der Waals surface area (Å²) in [6.07, 6.45) is 7.83. The third-order valence-electron chi connectivity index (χ3n) is 4.97. The molecule has 4 heteroatoms. The quantitative estimate of drug-likeness (QED) is 0.529. The van der Waals surface area contributed by atoms with Crippen LogP contribution in [-0.4, -0.2) is 15.0 Å². The molecular weight excluding hydrogens is 342 g/mol. The van der Waals surface area contributed by atoms with E-state index in [1.165, 1.54) is 11.3 Å². The first-order chi connectivity index (χ1) is 12.4. The molecule has 2 aromatic heterocycles. The zero-order valence-electron chi connectivity index (χ0n) is 15.7. The van der Waals surface area contributed by atoms with Crippen molar-refractivity contribution in [3.63, 3.8) is 0 Å². The van der Waals surface area contributed by atoms with Crippen molar-refractivity contribution in [3.05, 3.63) is 71.0 Å². The smallest absolute Gasteiger partial charge is 0.129 e. The van der Waals surface area contributed by atoms with Gasteiger partial charge in [0.15, 0.2) is 0 Å². The molecule has 3 aromatic rings. The normalized spacial score (nSPS) is 11.7. The van der Waals surface area contributed by atoms with Gasteiger partial charge in [-0.05, 0) is 47.1 Å². The Balaban J connectivity index is 1.59. The average Bonchev–Trinajstić information content (AvgIpc) is 3.07. The molecule has 0 bridgehead atoms. The summed E-state index contributed by atoms with van der Waals surface area (Å²) in [5.74, 6) is 1.07. The van der Waals surface area contributed by atoms with E-state index in [0.717, 1.165) is 42.6 Å². The summed E-state index contributed by atoms with van der Waals surface area (Å²) in [4.78, 5) is 12.1. The molecule has 0 spiro atoms. The number of hydrogen-bond donors (Lipinski definition) is 1. The second-order valence-electron chi connectivity index (χ2n) is 7.61. The van der Waals surface area contributed by atoms with Crippen LogP contribution in [0.3, 0.4) is 0 Å². The van der Waals surface area contributed by atoms with Crippen LogP contribution in [0.1, 0.15) is 44.3 Å². The molecule has 2 heterocycles. The number of aryl methyl sites for hydroxylation is 2. The number of imidazole rings is 1. The molecule has 0 atom stereocenters. The van der Waals surface area contributed by atoms with Gasteiger partial charge in [-0.3, -0.25) is 0 Å². The first-order valence-corrected chi connectivity index (χ1v) is 9.56. The van der Waals surface area contributed by atoms with Crippen molar-refractivity contribution >= 4 is 11.6 Å². The maximum atomic E-state index is 5.97. The summed E-state index contributed by atoms with van der Waals surface area (Å²) >= 11 is 5.97. The Labute approximate surface area is 160 Å². The maximum absolute atomic E-state index is 5.97. The van der Waals surface area contributed by atoms with Crippen molar-refractivity contribution < 1.29 is 0 Å². The van der Waals surface area contributed by atoms with E-state index in [0.29, 0.717) is 10.6 Å². The number of rotatable bonds is 7. The fourth-order valence-electron chi connectivity index (χ4n) is 2.97. The highest BCUT2D eigenvalue weighted by Gasteiger charge is 2.17. The van der Waals surface area contributed by atoms with Crippen LogP contribution in [0.4, 0.5) is 0 Å². The van der Waals surface area contributed by atoms with Crippen molar-refractivity contribution in [1.29, 1.82) is 0 Å². The standard InChI is InChI=1S/C22H26ClN3/c1-4-22(2,3)14-19-15-25-21(26-19)10-7-16-5-8-17(9-6-16)18-11-12-24-20(23)13-18/h5-6,8-9,11-13,15H,4,7,10,14H2,1-3H3,(H,25,26). The van der Waals surface area contributed by atoms with Crippen LogP contribution in [0.15, 0.2) is 48.8 Å². The lowest BCUT2D eigenvalue weighted by Gasteiger charge is -2.21. The van der Waals surface area contributed by atoms with Crippen LogP contribution in [0.2, 0.25) is 5.15 Å². The van der Waals surface area contributed by atoms with Gasteiger partial charge in [-0.1, -0.05) is 63.1 Å². The van der Waals surface area contributed by atoms with Crippen LogP contribution >= 0.6 is 11.6 Å². The number of aromatic nitrogens is 3. The van der Waals surface area contributed by atoms with Crippen molar-refractivity contribution in [1.82, 2.24) is 15.0 Å². The molecule has 1 N–H and O–H groups in total. The first-order valence-electron chi connectivity index (χ1n) is 9.19. The number of nitrogens with zero attached hydrogens (tertiary/aromatic N) is 2. The molecule has 0 aliphatic heterocycles. The van der Waals surface area contributed by atoms with E-state index in [9.17, 15) is 0 Å². The summed E-state index contributed by atoms with van der Waals surface area (Å²) in [7, 11) is 0. The zero-order valence-corrected chi connectivity index (χ0v) is 16.5. The van der Waals surface area contributed by atoms with Gasteiger partial charge >= 0.3 is 0 Å². The van der Waals surface area contributed by atoms with Gasteiger partial charge in [-0.2, -0.15) is 0 Å². The van der Waals surface area contributed by atoms with Crippen molar-refractivity contribution in [2.75, 3.05) is 0 Å². The Bertz CT molecular complexity index is 850. The van der Waals surface area contributed by atoms with Crippen LogP contribution in [0.25, 0.3) is 11.1 Å². The third kappa shape index (κ3) is 4.95. The molecule has 0 amide bonds. The number of halogens is 1. The Morgan fingerprint density at radius 2 is 1.77 bits per heavy atom. The molecule has 0 aliphatic carbocycles. The van der Waals surface area contributed by atoms with E-state index in [2.05, 4.69) is 60.0 Å². The lowest BCUT2D eigenvalue weighted by molar-refractivity contribution is 0.346. The minimum absolute atomic E-state index is 0.315. The molecule has 3 rings (SSSR count). The second-order valence-corrected chi connectivity index (χ2v) is 8.00. The fraction of sp³-hybridized carbons (Fsp3) is 0.364. The predicted octanol–water partition coefficient (Wildman–Crippen LogP) is 5.89. The highest BCUT2D eigenvalue weighted by atomic mass is 35.5. The van der Waals surface area contributed by atoms with Crippen LogP contribution in [0, 0.1) is 5.41 Å². The molecule has 26 heavy (non-hydrogen) atoms. The van der Waals surface area contributed by atoms with Crippen LogP contribution in [0.5, 0.6) is 0 Å². The number of aromatic amines is 1. The average molecular weight is 368 g/mol. The molecule has 136 valence electrons. The highest BCUT2D eigenvalue weighted by molar-refractivity contribution is 6.29. The van der Waals surface area contributed by atoms with E-state index in [4.69, 9.17) is 11.6 Å². The number of H-pyrrole nitrogens is 1. The van der Waals surface area contributed by atoms with E-state index >= 15 is 0 Å². The van der Waals surface area contributed by atoms with Gasteiger partial charge in [0.1, 0.15) is 11.0 Å². The molecular formula is C22H26ClN3. The summed E-state index contributed by atoms with van der Waals surface area (Å²) in [5.41, 5.74) is 5.10. The van der Waals surface area contributed by atoms with Gasteiger partial charge in [-0.25, -0.2) is 9.97 Å². The SMILES string of the molecule is CCC(C)(C)Cc1cnc(CCc2ccc(-c3ccnc(Cl)c3)cc2)[nH]1. The zero-order chi connectivity index (χ0) is 18.6. The lowest BCUT2D eigenvalue weighted by Crippen LogP contribution is -2.13. The minimum atomic E-state index is 0.315. The topological polar surface area (TPSA) is 41.6 Å². The first kappa shape index (κ1) is 18.7. The van der Waals surface area contributed by atoms with Gasteiger partial charge in [0.05, 0.1) is 0 Å². The van der Waals surface area contributed by atoms with Crippen LogP contribution in [-0.2, 0) is 19.3 Å². The highest BCUT2D eigenvalue weighted by Crippen LogP contribution is 2.25. The van der Waals surface area contributed by atoms with Gasteiger partial charge in [-0.15, -0.1) is 0 Å². The Morgan fingerprint density at radius 3 is 2.46 bits per heavy atom.